The molecule has 1 aromatic heterocycles. The van der Waals surface area contributed by atoms with Gasteiger partial charge in [-0.15, -0.1) is 0 Å². The number of amides is 2. The highest BCUT2D eigenvalue weighted by atomic mass is 79.9. The number of nitrogens with one attached hydrogen (secondary N) is 1. The van der Waals surface area contributed by atoms with Crippen molar-refractivity contribution in [3.63, 3.8) is 0 Å². The van der Waals surface area contributed by atoms with E-state index in [0.29, 0.717) is 37.7 Å². The van der Waals surface area contributed by atoms with Crippen molar-refractivity contribution in [2.24, 2.45) is 0 Å². The number of imidazole rings is 1. The van der Waals surface area contributed by atoms with Gasteiger partial charge in [0.1, 0.15) is 12.4 Å². The molecule has 29 heavy (non-hydrogen) atoms. The molecule has 2 aromatic carbocycles. The summed E-state index contributed by atoms with van der Waals surface area (Å²) in [7, 11) is 0. The third-order valence-electron chi connectivity index (χ3n) is 4.90. The van der Waals surface area contributed by atoms with Crippen LogP contribution in [0, 0.1) is 0 Å². The number of hydrogen-bond acceptors (Lipinski definition) is 4. The highest BCUT2D eigenvalue weighted by Crippen LogP contribution is 2.17. The average molecular weight is 457 g/mol. The van der Waals surface area contributed by atoms with Crippen molar-refractivity contribution < 1.29 is 14.3 Å². The average Bonchev–Trinajstić information content (AvgIpc) is 3.10. The molecule has 1 N–H and O–H groups in total. The van der Waals surface area contributed by atoms with Crippen LogP contribution < -0.4 is 5.32 Å². The number of hydrogen-bond donors (Lipinski definition) is 1. The summed E-state index contributed by atoms with van der Waals surface area (Å²) in [5.41, 5.74) is 2.25. The Morgan fingerprint density at radius 1 is 1.07 bits per heavy atom. The Morgan fingerprint density at radius 3 is 2.55 bits per heavy atom. The number of para-hydroxylation sites is 2. The second-order valence-corrected chi connectivity index (χ2v) is 7.70. The molecule has 3 aromatic rings. The van der Waals surface area contributed by atoms with Crippen LogP contribution in [0.1, 0.15) is 16.2 Å². The van der Waals surface area contributed by atoms with Crippen molar-refractivity contribution in [2.45, 2.75) is 13.1 Å². The molecule has 0 atom stereocenters. The van der Waals surface area contributed by atoms with E-state index in [2.05, 4.69) is 26.2 Å². The molecule has 0 spiro atoms. The quantitative estimate of drug-likeness (QED) is 0.639. The van der Waals surface area contributed by atoms with Crippen LogP contribution in [0.4, 0.5) is 0 Å². The zero-order valence-corrected chi connectivity index (χ0v) is 17.4. The molecule has 2 heterocycles. The van der Waals surface area contributed by atoms with Crippen molar-refractivity contribution in [2.75, 3.05) is 26.3 Å². The Bertz CT molecular complexity index is 1030. The number of aromatic nitrogens is 2. The molecule has 1 aliphatic heterocycles. The van der Waals surface area contributed by atoms with Gasteiger partial charge in [-0.2, -0.15) is 0 Å². The van der Waals surface area contributed by atoms with Crippen molar-refractivity contribution in [1.82, 2.24) is 19.8 Å². The van der Waals surface area contributed by atoms with Crippen molar-refractivity contribution in [3.05, 3.63) is 64.4 Å². The number of benzene rings is 2. The van der Waals surface area contributed by atoms with Gasteiger partial charge in [-0.05, 0) is 36.4 Å². The highest BCUT2D eigenvalue weighted by molar-refractivity contribution is 9.10. The smallest absolute Gasteiger partial charge is 0.251 e. The molecule has 2 amide bonds. The lowest BCUT2D eigenvalue weighted by molar-refractivity contribution is -0.135. The first-order valence-electron chi connectivity index (χ1n) is 9.45. The molecule has 150 valence electrons. The van der Waals surface area contributed by atoms with Crippen LogP contribution in [0.2, 0.25) is 0 Å². The molecule has 1 aliphatic rings. The Labute approximate surface area is 176 Å². The second-order valence-electron chi connectivity index (χ2n) is 6.79. The molecule has 1 saturated heterocycles. The molecule has 0 saturated carbocycles. The van der Waals surface area contributed by atoms with Crippen LogP contribution in [-0.4, -0.2) is 52.6 Å². The number of ether oxygens (including phenoxy) is 1. The first kappa shape index (κ1) is 19.6. The van der Waals surface area contributed by atoms with E-state index in [1.807, 2.05) is 45.9 Å². The minimum atomic E-state index is -0.185. The lowest BCUT2D eigenvalue weighted by Crippen LogP contribution is -2.42. The third kappa shape index (κ3) is 4.49. The van der Waals surface area contributed by atoms with Gasteiger partial charge < -0.3 is 19.5 Å². The Morgan fingerprint density at radius 2 is 1.79 bits per heavy atom. The van der Waals surface area contributed by atoms with Gasteiger partial charge in [-0.1, -0.05) is 28.1 Å². The predicted molar refractivity (Wildman–Crippen MR) is 112 cm³/mol. The summed E-state index contributed by atoms with van der Waals surface area (Å²) in [4.78, 5) is 31.7. The van der Waals surface area contributed by atoms with E-state index in [1.165, 1.54) is 0 Å². The van der Waals surface area contributed by atoms with E-state index in [-0.39, 0.29) is 24.9 Å². The molecule has 0 aliphatic carbocycles. The molecule has 0 unspecified atom stereocenters. The molecule has 4 rings (SSSR count). The van der Waals surface area contributed by atoms with Gasteiger partial charge in [0.05, 0.1) is 30.8 Å². The molecular formula is C21H21BrN4O3. The molecule has 0 radical (unpaired) electrons. The number of rotatable bonds is 5. The molecule has 1 fully saturated rings. The first-order chi connectivity index (χ1) is 14.1. The van der Waals surface area contributed by atoms with Gasteiger partial charge in [0.25, 0.3) is 5.91 Å². The van der Waals surface area contributed by atoms with Crippen LogP contribution in [0.25, 0.3) is 11.0 Å². The van der Waals surface area contributed by atoms with Crippen LogP contribution >= 0.6 is 15.9 Å². The second kappa shape index (κ2) is 8.75. The largest absolute Gasteiger partial charge is 0.378 e. The Balaban J connectivity index is 1.53. The van der Waals surface area contributed by atoms with E-state index in [1.54, 1.807) is 12.1 Å². The van der Waals surface area contributed by atoms with E-state index in [4.69, 9.17) is 4.74 Å². The number of nitrogens with zero attached hydrogens (tertiary/aromatic N) is 3. The minimum absolute atomic E-state index is 0.0249. The number of fused-ring (bicyclic) bond motifs is 1. The van der Waals surface area contributed by atoms with Crippen LogP contribution in [0.5, 0.6) is 0 Å². The van der Waals surface area contributed by atoms with Gasteiger partial charge in [0.2, 0.25) is 5.91 Å². The zero-order valence-electron chi connectivity index (χ0n) is 15.8. The standard InChI is InChI=1S/C21H21BrN4O3/c22-16-7-5-15(6-8-16)21(28)23-13-19-24-17-3-1-2-4-18(17)26(19)14-20(27)25-9-11-29-12-10-25/h1-8H,9-14H2,(H,23,28). The maximum absolute atomic E-state index is 12.8. The zero-order chi connectivity index (χ0) is 20.2. The van der Waals surface area contributed by atoms with Crippen LogP contribution in [-0.2, 0) is 22.6 Å². The summed E-state index contributed by atoms with van der Waals surface area (Å²) in [5.74, 6) is 0.492. The lowest BCUT2D eigenvalue weighted by atomic mass is 10.2. The fraction of sp³-hybridized carbons (Fsp3) is 0.286. The Kier molecular flexibility index (Phi) is 5.92. The normalized spacial score (nSPS) is 14.2. The SMILES string of the molecule is O=C(NCc1nc2ccccc2n1CC(=O)N1CCOCC1)c1ccc(Br)cc1. The molecule has 0 bridgehead atoms. The number of morpholine rings is 1. The van der Waals surface area contributed by atoms with Crippen LogP contribution in [0.15, 0.2) is 53.0 Å². The molecular weight excluding hydrogens is 436 g/mol. The number of halogens is 1. The van der Waals surface area contributed by atoms with Gasteiger partial charge >= 0.3 is 0 Å². The maximum atomic E-state index is 12.8. The predicted octanol–water partition coefficient (Wildman–Crippen LogP) is 2.59. The summed E-state index contributed by atoms with van der Waals surface area (Å²) in [6, 6.07) is 14.8. The van der Waals surface area contributed by atoms with Gasteiger partial charge in [0.15, 0.2) is 0 Å². The fourth-order valence-electron chi connectivity index (χ4n) is 3.35. The van der Waals surface area contributed by atoms with Gasteiger partial charge in [-0.3, -0.25) is 9.59 Å². The summed E-state index contributed by atoms with van der Waals surface area (Å²) in [6.45, 7) is 2.74. The minimum Gasteiger partial charge on any atom is -0.378 e. The van der Waals surface area contributed by atoms with Crippen LogP contribution in [0.3, 0.4) is 0 Å². The summed E-state index contributed by atoms with van der Waals surface area (Å²) in [6.07, 6.45) is 0. The topological polar surface area (TPSA) is 76.5 Å². The fourth-order valence-corrected chi connectivity index (χ4v) is 3.61. The van der Waals surface area contributed by atoms with Crippen molar-refractivity contribution in [1.29, 1.82) is 0 Å². The van der Waals surface area contributed by atoms with E-state index < -0.39 is 0 Å². The summed E-state index contributed by atoms with van der Waals surface area (Å²) in [5, 5.41) is 2.91. The summed E-state index contributed by atoms with van der Waals surface area (Å²) >= 11 is 3.37. The van der Waals surface area contributed by atoms with Crippen molar-refractivity contribution in [3.8, 4) is 0 Å². The first-order valence-corrected chi connectivity index (χ1v) is 10.2. The molecule has 7 nitrogen and oxygen atoms in total. The number of carbonyl (C=O) groups excluding carboxylic acids is 2. The number of carbonyl (C=O) groups is 2. The molecule has 8 heteroatoms. The lowest BCUT2D eigenvalue weighted by Gasteiger charge is -2.27. The Hall–Kier alpha value is -2.71. The van der Waals surface area contributed by atoms with Crippen molar-refractivity contribution >= 4 is 38.8 Å². The van der Waals surface area contributed by atoms with Gasteiger partial charge in [0, 0.05) is 23.1 Å². The highest BCUT2D eigenvalue weighted by Gasteiger charge is 2.20. The maximum Gasteiger partial charge on any atom is 0.251 e. The summed E-state index contributed by atoms with van der Waals surface area (Å²) < 4.78 is 8.13. The van der Waals surface area contributed by atoms with E-state index >= 15 is 0 Å². The van der Waals surface area contributed by atoms with Gasteiger partial charge in [-0.25, -0.2) is 4.98 Å². The monoisotopic (exact) mass is 456 g/mol. The van der Waals surface area contributed by atoms with E-state index in [9.17, 15) is 9.59 Å². The van der Waals surface area contributed by atoms with E-state index in [0.717, 1.165) is 15.5 Å². The third-order valence-corrected chi connectivity index (χ3v) is 5.43.